The van der Waals surface area contributed by atoms with Crippen molar-refractivity contribution < 1.29 is 0 Å². The van der Waals surface area contributed by atoms with Gasteiger partial charge in [-0.2, -0.15) is 5.10 Å². The molecule has 0 bridgehead atoms. The smallest absolute Gasteiger partial charge is 0.0534 e. The summed E-state index contributed by atoms with van der Waals surface area (Å²) in [6.07, 6.45) is 7.90. The van der Waals surface area contributed by atoms with Crippen molar-refractivity contribution in [3.05, 3.63) is 18.0 Å². The van der Waals surface area contributed by atoms with E-state index in [1.807, 2.05) is 10.9 Å². The van der Waals surface area contributed by atoms with Gasteiger partial charge in [-0.15, -0.1) is 11.6 Å². The molecule has 2 atom stereocenters. The fourth-order valence-corrected chi connectivity index (χ4v) is 2.78. The monoisotopic (exact) mass is 241 g/mol. The standard InChI is InChI=1S/C12H20ClN3/c1-2-16-9-10(8-15-16)7-14-12-5-3-4-11(12)6-13/h8-9,11-12,14H,2-7H2,1H3. The normalized spacial score (nSPS) is 25.1. The van der Waals surface area contributed by atoms with Crippen molar-refractivity contribution in [2.75, 3.05) is 5.88 Å². The van der Waals surface area contributed by atoms with Crippen LogP contribution in [0.15, 0.2) is 12.4 Å². The van der Waals surface area contributed by atoms with Gasteiger partial charge in [-0.3, -0.25) is 4.68 Å². The molecule has 0 aliphatic heterocycles. The van der Waals surface area contributed by atoms with Gasteiger partial charge in [0.25, 0.3) is 0 Å². The number of nitrogens with zero attached hydrogens (tertiary/aromatic N) is 2. The summed E-state index contributed by atoms with van der Waals surface area (Å²) in [7, 11) is 0. The fourth-order valence-electron chi connectivity index (χ4n) is 2.41. The first-order valence-corrected chi connectivity index (χ1v) is 6.67. The van der Waals surface area contributed by atoms with Crippen LogP contribution in [0.1, 0.15) is 31.7 Å². The molecule has 1 aromatic heterocycles. The molecule has 4 heteroatoms. The van der Waals surface area contributed by atoms with Crippen LogP contribution < -0.4 is 5.32 Å². The minimum absolute atomic E-state index is 0.600. The molecule has 2 rings (SSSR count). The summed E-state index contributed by atoms with van der Waals surface area (Å²) < 4.78 is 1.96. The fraction of sp³-hybridized carbons (Fsp3) is 0.750. The maximum atomic E-state index is 5.95. The van der Waals surface area contributed by atoms with Gasteiger partial charge in [0.2, 0.25) is 0 Å². The van der Waals surface area contributed by atoms with Gasteiger partial charge in [0.15, 0.2) is 0 Å². The van der Waals surface area contributed by atoms with E-state index in [0.717, 1.165) is 19.0 Å². The molecular weight excluding hydrogens is 222 g/mol. The molecule has 0 spiro atoms. The topological polar surface area (TPSA) is 29.9 Å². The number of aryl methyl sites for hydroxylation is 1. The number of nitrogens with one attached hydrogen (secondary N) is 1. The van der Waals surface area contributed by atoms with Crippen molar-refractivity contribution in [1.82, 2.24) is 15.1 Å². The summed E-state index contributed by atoms with van der Waals surface area (Å²) in [5.41, 5.74) is 1.27. The lowest BCUT2D eigenvalue weighted by molar-refractivity contribution is 0.429. The van der Waals surface area contributed by atoms with Gasteiger partial charge >= 0.3 is 0 Å². The third-order valence-corrected chi connectivity index (χ3v) is 3.83. The Balaban J connectivity index is 1.82. The van der Waals surface area contributed by atoms with E-state index in [2.05, 4.69) is 23.5 Å². The number of aromatic nitrogens is 2. The van der Waals surface area contributed by atoms with Crippen LogP contribution in [0.2, 0.25) is 0 Å². The average molecular weight is 242 g/mol. The zero-order chi connectivity index (χ0) is 11.4. The molecule has 0 saturated heterocycles. The third kappa shape index (κ3) is 2.77. The van der Waals surface area contributed by atoms with E-state index in [-0.39, 0.29) is 0 Å². The van der Waals surface area contributed by atoms with Crippen molar-refractivity contribution in [3.63, 3.8) is 0 Å². The van der Waals surface area contributed by atoms with Crippen LogP contribution in [0.3, 0.4) is 0 Å². The van der Waals surface area contributed by atoms with E-state index in [9.17, 15) is 0 Å². The van der Waals surface area contributed by atoms with E-state index in [4.69, 9.17) is 11.6 Å². The van der Waals surface area contributed by atoms with E-state index in [1.165, 1.54) is 24.8 Å². The first kappa shape index (κ1) is 11.9. The van der Waals surface area contributed by atoms with Gasteiger partial charge in [-0.25, -0.2) is 0 Å². The van der Waals surface area contributed by atoms with Crippen molar-refractivity contribution in [3.8, 4) is 0 Å². The zero-order valence-corrected chi connectivity index (χ0v) is 10.6. The number of halogens is 1. The highest BCUT2D eigenvalue weighted by molar-refractivity contribution is 6.18. The van der Waals surface area contributed by atoms with Crippen LogP contribution >= 0.6 is 11.6 Å². The Bertz CT molecular complexity index is 324. The maximum Gasteiger partial charge on any atom is 0.0534 e. The van der Waals surface area contributed by atoms with Crippen LogP contribution in [0, 0.1) is 5.92 Å². The lowest BCUT2D eigenvalue weighted by atomic mass is 10.1. The van der Waals surface area contributed by atoms with E-state index < -0.39 is 0 Å². The number of hydrogen-bond acceptors (Lipinski definition) is 2. The summed E-state index contributed by atoms with van der Waals surface area (Å²) in [6, 6.07) is 0.600. The maximum absolute atomic E-state index is 5.95. The third-order valence-electron chi connectivity index (χ3n) is 3.44. The van der Waals surface area contributed by atoms with Crippen LogP contribution in [0.4, 0.5) is 0 Å². The Morgan fingerprint density at radius 2 is 2.44 bits per heavy atom. The molecule has 2 unspecified atom stereocenters. The Morgan fingerprint density at radius 3 is 3.12 bits per heavy atom. The zero-order valence-electron chi connectivity index (χ0n) is 9.82. The molecule has 1 heterocycles. The largest absolute Gasteiger partial charge is 0.309 e. The van der Waals surface area contributed by atoms with Crippen molar-refractivity contribution in [2.45, 2.75) is 45.3 Å². The van der Waals surface area contributed by atoms with Gasteiger partial charge in [0.1, 0.15) is 0 Å². The molecule has 0 amide bonds. The van der Waals surface area contributed by atoms with E-state index >= 15 is 0 Å². The second-order valence-electron chi connectivity index (χ2n) is 4.54. The van der Waals surface area contributed by atoms with Gasteiger partial charge in [-0.1, -0.05) is 6.42 Å². The highest BCUT2D eigenvalue weighted by atomic mass is 35.5. The first-order valence-electron chi connectivity index (χ1n) is 6.14. The van der Waals surface area contributed by atoms with Crippen molar-refractivity contribution in [1.29, 1.82) is 0 Å². The van der Waals surface area contributed by atoms with Crippen molar-refractivity contribution >= 4 is 11.6 Å². The first-order chi connectivity index (χ1) is 7.83. The van der Waals surface area contributed by atoms with Crippen LogP contribution in [-0.2, 0) is 13.1 Å². The van der Waals surface area contributed by atoms with Crippen LogP contribution in [0.25, 0.3) is 0 Å². The molecular formula is C12H20ClN3. The minimum Gasteiger partial charge on any atom is -0.309 e. The molecule has 1 fully saturated rings. The molecule has 1 aromatic rings. The number of alkyl halides is 1. The summed E-state index contributed by atoms with van der Waals surface area (Å²) >= 11 is 5.95. The van der Waals surface area contributed by atoms with Crippen LogP contribution in [0.5, 0.6) is 0 Å². The van der Waals surface area contributed by atoms with E-state index in [0.29, 0.717) is 12.0 Å². The van der Waals surface area contributed by atoms with E-state index in [1.54, 1.807) is 0 Å². The number of rotatable bonds is 5. The predicted molar refractivity (Wildman–Crippen MR) is 66.6 cm³/mol. The Hall–Kier alpha value is -0.540. The summed E-state index contributed by atoms with van der Waals surface area (Å²) in [4.78, 5) is 0. The highest BCUT2D eigenvalue weighted by Gasteiger charge is 2.25. The average Bonchev–Trinajstić information content (AvgIpc) is 2.94. The van der Waals surface area contributed by atoms with Crippen molar-refractivity contribution in [2.24, 2.45) is 5.92 Å². The van der Waals surface area contributed by atoms with Crippen LogP contribution in [-0.4, -0.2) is 21.7 Å². The molecule has 0 radical (unpaired) electrons. The van der Waals surface area contributed by atoms with Gasteiger partial charge in [0, 0.05) is 36.8 Å². The second-order valence-corrected chi connectivity index (χ2v) is 4.85. The molecule has 1 N–H and O–H groups in total. The van der Waals surface area contributed by atoms with Gasteiger partial charge in [-0.05, 0) is 25.7 Å². The minimum atomic E-state index is 0.600. The Labute approximate surface area is 102 Å². The quantitative estimate of drug-likeness (QED) is 0.803. The molecule has 1 aliphatic rings. The molecule has 1 saturated carbocycles. The predicted octanol–water partition coefficient (Wildman–Crippen LogP) is 2.40. The number of hydrogen-bond donors (Lipinski definition) is 1. The molecule has 0 aromatic carbocycles. The molecule has 16 heavy (non-hydrogen) atoms. The summed E-state index contributed by atoms with van der Waals surface area (Å²) in [5, 5.41) is 7.87. The van der Waals surface area contributed by atoms with Gasteiger partial charge in [0.05, 0.1) is 6.20 Å². The van der Waals surface area contributed by atoms with Gasteiger partial charge < -0.3 is 5.32 Å². The Morgan fingerprint density at radius 1 is 1.56 bits per heavy atom. The molecule has 1 aliphatic carbocycles. The Kier molecular flexibility index (Phi) is 4.24. The molecule has 3 nitrogen and oxygen atoms in total. The lowest BCUT2D eigenvalue weighted by Gasteiger charge is -2.18. The second kappa shape index (κ2) is 5.69. The molecule has 90 valence electrons. The summed E-state index contributed by atoms with van der Waals surface area (Å²) in [6.45, 7) is 3.95. The lowest BCUT2D eigenvalue weighted by Crippen LogP contribution is -2.32. The SMILES string of the molecule is CCn1cc(CNC2CCCC2CCl)cn1. The highest BCUT2D eigenvalue weighted by Crippen LogP contribution is 2.26. The summed E-state index contributed by atoms with van der Waals surface area (Å²) in [5.74, 6) is 1.44.